The van der Waals surface area contributed by atoms with Gasteiger partial charge in [-0.05, 0) is 46.6 Å². The van der Waals surface area contributed by atoms with Crippen molar-refractivity contribution in [3.05, 3.63) is 51.6 Å². The van der Waals surface area contributed by atoms with E-state index < -0.39 is 0 Å². The highest BCUT2D eigenvalue weighted by Gasteiger charge is 2.03. The minimum absolute atomic E-state index is 0.550. The third kappa shape index (κ3) is 2.74. The average molecular weight is 299 g/mol. The summed E-state index contributed by atoms with van der Waals surface area (Å²) in [4.78, 5) is 4.13. The van der Waals surface area contributed by atoms with E-state index in [9.17, 15) is 0 Å². The van der Waals surface area contributed by atoms with Crippen LogP contribution in [0.3, 0.4) is 0 Å². The van der Waals surface area contributed by atoms with E-state index in [1.807, 2.05) is 25.1 Å². The molecule has 1 aromatic carbocycles. The highest BCUT2D eigenvalue weighted by Crippen LogP contribution is 2.27. The first kappa shape index (κ1) is 11.4. The van der Waals surface area contributed by atoms with Crippen LogP contribution < -0.4 is 4.74 Å². The molecule has 0 amide bonds. The maximum absolute atomic E-state index is 5.90. The Labute approximate surface area is 107 Å². The zero-order valence-electron chi connectivity index (χ0n) is 8.58. The van der Waals surface area contributed by atoms with Gasteiger partial charge in [-0.1, -0.05) is 17.7 Å². The summed E-state index contributed by atoms with van der Waals surface area (Å²) in [6.45, 7) is 1.96. The van der Waals surface area contributed by atoms with Gasteiger partial charge in [0.2, 0.25) is 5.88 Å². The lowest BCUT2D eigenvalue weighted by molar-refractivity contribution is 0.459. The SMILES string of the molecule is Cc1ccc(Cl)cc1Oc1ccc(Br)cn1. The molecule has 0 aliphatic rings. The molecule has 2 aromatic rings. The molecule has 0 aliphatic heterocycles. The Hall–Kier alpha value is -1.06. The van der Waals surface area contributed by atoms with Crippen molar-refractivity contribution in [1.29, 1.82) is 0 Å². The average Bonchev–Trinajstić information content (AvgIpc) is 2.27. The van der Waals surface area contributed by atoms with Crippen LogP contribution in [0.2, 0.25) is 5.02 Å². The molecule has 0 saturated carbocycles. The number of hydrogen-bond acceptors (Lipinski definition) is 2. The predicted molar refractivity (Wildman–Crippen MR) is 68.2 cm³/mol. The highest BCUT2D eigenvalue weighted by atomic mass is 79.9. The third-order valence-corrected chi connectivity index (χ3v) is 2.77. The third-order valence-electron chi connectivity index (χ3n) is 2.06. The zero-order chi connectivity index (χ0) is 11.5. The number of benzene rings is 1. The standard InChI is InChI=1S/C12H9BrClNO/c1-8-2-4-10(14)6-11(8)16-12-5-3-9(13)7-15-12/h2-7H,1H3. The second-order valence-electron chi connectivity index (χ2n) is 3.33. The van der Waals surface area contributed by atoms with Crippen LogP contribution in [0.25, 0.3) is 0 Å². The van der Waals surface area contributed by atoms with Crippen LogP contribution in [0.4, 0.5) is 0 Å². The van der Waals surface area contributed by atoms with Crippen LogP contribution >= 0.6 is 27.5 Å². The summed E-state index contributed by atoms with van der Waals surface area (Å²) in [6.07, 6.45) is 1.69. The number of pyridine rings is 1. The van der Waals surface area contributed by atoms with E-state index in [1.165, 1.54) is 0 Å². The second kappa shape index (κ2) is 4.85. The summed E-state index contributed by atoms with van der Waals surface area (Å²) >= 11 is 9.22. The molecule has 2 rings (SSSR count). The van der Waals surface area contributed by atoms with E-state index in [-0.39, 0.29) is 0 Å². The first-order valence-corrected chi connectivity index (χ1v) is 5.88. The van der Waals surface area contributed by atoms with Gasteiger partial charge in [0, 0.05) is 21.8 Å². The van der Waals surface area contributed by atoms with E-state index in [4.69, 9.17) is 16.3 Å². The fourth-order valence-corrected chi connectivity index (χ4v) is 1.62. The van der Waals surface area contributed by atoms with Crippen molar-refractivity contribution in [1.82, 2.24) is 4.98 Å². The molecule has 0 aliphatic carbocycles. The molecule has 82 valence electrons. The topological polar surface area (TPSA) is 22.1 Å². The molecule has 16 heavy (non-hydrogen) atoms. The summed E-state index contributed by atoms with van der Waals surface area (Å²) in [6, 6.07) is 9.20. The predicted octanol–water partition coefficient (Wildman–Crippen LogP) is 4.60. The van der Waals surface area contributed by atoms with Gasteiger partial charge in [-0.3, -0.25) is 0 Å². The molecule has 2 nitrogen and oxygen atoms in total. The van der Waals surface area contributed by atoms with Crippen molar-refractivity contribution in [3.8, 4) is 11.6 Å². The van der Waals surface area contributed by atoms with E-state index in [1.54, 1.807) is 18.3 Å². The van der Waals surface area contributed by atoms with Crippen LogP contribution in [0.15, 0.2) is 41.0 Å². The lowest BCUT2D eigenvalue weighted by Crippen LogP contribution is -1.89. The molecule has 1 heterocycles. The minimum Gasteiger partial charge on any atom is -0.439 e. The Morgan fingerprint density at radius 2 is 2.06 bits per heavy atom. The number of nitrogens with zero attached hydrogens (tertiary/aromatic N) is 1. The molecule has 0 N–H and O–H groups in total. The van der Waals surface area contributed by atoms with Crippen molar-refractivity contribution < 1.29 is 4.74 Å². The lowest BCUT2D eigenvalue weighted by Gasteiger charge is -2.07. The number of hydrogen-bond donors (Lipinski definition) is 0. The van der Waals surface area contributed by atoms with E-state index in [0.717, 1.165) is 15.8 Å². The number of halogens is 2. The van der Waals surface area contributed by atoms with Crippen LogP contribution in [0.5, 0.6) is 11.6 Å². The number of aryl methyl sites for hydroxylation is 1. The Morgan fingerprint density at radius 3 is 2.75 bits per heavy atom. The zero-order valence-corrected chi connectivity index (χ0v) is 10.9. The van der Waals surface area contributed by atoms with Gasteiger partial charge in [-0.15, -0.1) is 0 Å². The Bertz CT molecular complexity index is 499. The van der Waals surface area contributed by atoms with Crippen LogP contribution in [-0.2, 0) is 0 Å². The van der Waals surface area contributed by atoms with Gasteiger partial charge in [0.05, 0.1) is 0 Å². The highest BCUT2D eigenvalue weighted by molar-refractivity contribution is 9.10. The van der Waals surface area contributed by atoms with Crippen molar-refractivity contribution in [2.45, 2.75) is 6.92 Å². The molecule has 0 atom stereocenters. The number of aromatic nitrogens is 1. The summed E-state index contributed by atoms with van der Waals surface area (Å²) < 4.78 is 6.55. The van der Waals surface area contributed by atoms with Gasteiger partial charge in [-0.2, -0.15) is 0 Å². The van der Waals surface area contributed by atoms with Gasteiger partial charge in [-0.25, -0.2) is 4.98 Å². The molecule has 0 spiro atoms. The number of rotatable bonds is 2. The van der Waals surface area contributed by atoms with Crippen LogP contribution in [-0.4, -0.2) is 4.98 Å². The minimum atomic E-state index is 0.550. The van der Waals surface area contributed by atoms with Crippen molar-refractivity contribution in [3.63, 3.8) is 0 Å². The lowest BCUT2D eigenvalue weighted by atomic mass is 10.2. The fourth-order valence-electron chi connectivity index (χ4n) is 1.22. The summed E-state index contributed by atoms with van der Waals surface area (Å²) in [5.74, 6) is 1.27. The molecular formula is C12H9BrClNO. The van der Waals surface area contributed by atoms with Gasteiger partial charge in [0.25, 0.3) is 0 Å². The number of ether oxygens (including phenoxy) is 1. The Morgan fingerprint density at radius 1 is 1.25 bits per heavy atom. The Kier molecular flexibility index (Phi) is 3.46. The maximum Gasteiger partial charge on any atom is 0.219 e. The van der Waals surface area contributed by atoms with Crippen LogP contribution in [0, 0.1) is 6.92 Å². The van der Waals surface area contributed by atoms with E-state index >= 15 is 0 Å². The smallest absolute Gasteiger partial charge is 0.219 e. The van der Waals surface area contributed by atoms with Gasteiger partial charge in [0.15, 0.2) is 0 Å². The quantitative estimate of drug-likeness (QED) is 0.808. The van der Waals surface area contributed by atoms with Crippen molar-refractivity contribution in [2.75, 3.05) is 0 Å². The summed E-state index contributed by atoms with van der Waals surface area (Å²) in [7, 11) is 0. The van der Waals surface area contributed by atoms with E-state index in [0.29, 0.717) is 10.9 Å². The van der Waals surface area contributed by atoms with Crippen LogP contribution in [0.1, 0.15) is 5.56 Å². The Balaban J connectivity index is 2.26. The molecule has 0 fully saturated rings. The molecule has 0 bridgehead atoms. The summed E-state index contributed by atoms with van der Waals surface area (Å²) in [5.41, 5.74) is 1.02. The summed E-state index contributed by atoms with van der Waals surface area (Å²) in [5, 5.41) is 0.651. The van der Waals surface area contributed by atoms with Gasteiger partial charge in [0.1, 0.15) is 5.75 Å². The monoisotopic (exact) mass is 297 g/mol. The molecule has 4 heteroatoms. The van der Waals surface area contributed by atoms with Gasteiger partial charge < -0.3 is 4.74 Å². The second-order valence-corrected chi connectivity index (χ2v) is 4.68. The first-order chi connectivity index (χ1) is 7.65. The van der Waals surface area contributed by atoms with E-state index in [2.05, 4.69) is 20.9 Å². The van der Waals surface area contributed by atoms with Gasteiger partial charge >= 0.3 is 0 Å². The van der Waals surface area contributed by atoms with Crippen molar-refractivity contribution in [2.24, 2.45) is 0 Å². The molecule has 0 radical (unpaired) electrons. The molecule has 0 saturated heterocycles. The largest absolute Gasteiger partial charge is 0.439 e. The molecule has 0 unspecified atom stereocenters. The molecule has 1 aromatic heterocycles. The first-order valence-electron chi connectivity index (χ1n) is 4.71. The normalized spacial score (nSPS) is 10.2. The maximum atomic E-state index is 5.90. The van der Waals surface area contributed by atoms with Crippen molar-refractivity contribution >= 4 is 27.5 Å². The fraction of sp³-hybridized carbons (Fsp3) is 0.0833. The molecular weight excluding hydrogens is 289 g/mol.